The smallest absolute Gasteiger partial charge is 0.328 e. The Morgan fingerprint density at radius 1 is 1.10 bits per heavy atom. The van der Waals surface area contributed by atoms with Gasteiger partial charge in [-0.3, -0.25) is 0 Å². The van der Waals surface area contributed by atoms with Gasteiger partial charge in [-0.2, -0.15) is 0 Å². The molecule has 0 bridgehead atoms. The number of carboxylic acid groups (broad SMARTS) is 1. The third kappa shape index (κ3) is 5.43. The van der Waals surface area contributed by atoms with E-state index in [1.54, 1.807) is 24.3 Å². The zero-order valence-corrected chi connectivity index (χ0v) is 18.4. The van der Waals surface area contributed by atoms with Crippen LogP contribution >= 0.6 is 0 Å². The maximum atomic E-state index is 15.3. The lowest BCUT2D eigenvalue weighted by molar-refractivity contribution is -0.131. The van der Waals surface area contributed by atoms with Gasteiger partial charge in [0, 0.05) is 11.6 Å². The van der Waals surface area contributed by atoms with E-state index in [1.807, 2.05) is 12.1 Å². The number of hydrogen-bond donors (Lipinski definition) is 2. The lowest BCUT2D eigenvalue weighted by atomic mass is 9.68. The molecule has 3 rings (SSSR count). The van der Waals surface area contributed by atoms with Crippen molar-refractivity contribution in [3.8, 4) is 5.75 Å². The number of aromatic hydroxyl groups is 1. The highest BCUT2D eigenvalue weighted by molar-refractivity contribution is 5.86. The number of allylic oxidation sites excluding steroid dienone is 1. The Balaban J connectivity index is 2.13. The van der Waals surface area contributed by atoms with Gasteiger partial charge in [0.2, 0.25) is 0 Å². The largest absolute Gasteiger partial charge is 0.508 e. The van der Waals surface area contributed by atoms with E-state index >= 15 is 4.39 Å². The van der Waals surface area contributed by atoms with Crippen LogP contribution in [0.4, 0.5) is 4.39 Å². The van der Waals surface area contributed by atoms with E-state index < -0.39 is 5.97 Å². The van der Waals surface area contributed by atoms with E-state index in [1.165, 1.54) is 30.6 Å². The van der Waals surface area contributed by atoms with Crippen LogP contribution in [0.2, 0.25) is 0 Å². The lowest BCUT2D eigenvalue weighted by Gasteiger charge is -2.36. The standard InChI is InChI=1S/C27H31FO3/c1-4-5-20-14-17(2)26(18(3)15-20)27(21-8-10-22(29)11-9-21)23-12-6-19(16-24(23)28)7-13-25(30)31/h6-13,16-18,20,29H,4-5,14-15H2,1-3H3,(H,30,31)/b13-7+,27-26?. The molecule has 2 N–H and O–H groups in total. The zero-order chi connectivity index (χ0) is 22.5. The summed E-state index contributed by atoms with van der Waals surface area (Å²) in [6, 6.07) is 11.8. The van der Waals surface area contributed by atoms with Crippen LogP contribution in [0.1, 0.15) is 63.1 Å². The molecule has 0 saturated heterocycles. The van der Waals surface area contributed by atoms with Crippen molar-refractivity contribution in [1.29, 1.82) is 0 Å². The van der Waals surface area contributed by atoms with E-state index in [4.69, 9.17) is 5.11 Å². The molecule has 0 aromatic heterocycles. The van der Waals surface area contributed by atoms with Crippen LogP contribution in [0.5, 0.6) is 5.75 Å². The molecule has 2 unspecified atom stereocenters. The fourth-order valence-electron chi connectivity index (χ4n) is 5.08. The van der Waals surface area contributed by atoms with Crippen LogP contribution in [0.15, 0.2) is 54.1 Å². The summed E-state index contributed by atoms with van der Waals surface area (Å²) >= 11 is 0. The molecule has 2 atom stereocenters. The molecule has 0 amide bonds. The second kappa shape index (κ2) is 9.95. The summed E-state index contributed by atoms with van der Waals surface area (Å²) in [4.78, 5) is 10.8. The molecule has 1 aliphatic rings. The minimum Gasteiger partial charge on any atom is -0.508 e. The molecule has 0 aliphatic heterocycles. The van der Waals surface area contributed by atoms with Crippen molar-refractivity contribution in [2.45, 2.75) is 46.5 Å². The molecule has 1 aliphatic carbocycles. The van der Waals surface area contributed by atoms with Gasteiger partial charge < -0.3 is 10.2 Å². The minimum absolute atomic E-state index is 0.176. The summed E-state index contributed by atoms with van der Waals surface area (Å²) in [5.41, 5.74) is 4.05. The van der Waals surface area contributed by atoms with Gasteiger partial charge in [-0.25, -0.2) is 9.18 Å². The number of rotatable bonds is 6. The number of hydrogen-bond acceptors (Lipinski definition) is 2. The normalized spacial score (nSPS) is 21.4. The second-order valence-electron chi connectivity index (χ2n) is 8.72. The number of benzene rings is 2. The van der Waals surface area contributed by atoms with Gasteiger partial charge in [-0.05, 0) is 71.6 Å². The first-order valence-corrected chi connectivity index (χ1v) is 11.0. The van der Waals surface area contributed by atoms with Crippen molar-refractivity contribution in [3.63, 3.8) is 0 Å². The van der Waals surface area contributed by atoms with Crippen LogP contribution in [-0.4, -0.2) is 16.2 Å². The minimum atomic E-state index is -1.07. The Hall–Kier alpha value is -2.88. The van der Waals surface area contributed by atoms with Gasteiger partial charge in [0.05, 0.1) is 0 Å². The first kappa shape index (κ1) is 22.8. The van der Waals surface area contributed by atoms with Crippen molar-refractivity contribution < 1.29 is 19.4 Å². The highest BCUT2D eigenvalue weighted by atomic mass is 19.1. The van der Waals surface area contributed by atoms with Crippen LogP contribution in [0.25, 0.3) is 11.6 Å². The fraction of sp³-hybridized carbons (Fsp3) is 0.370. The first-order chi connectivity index (χ1) is 14.8. The Morgan fingerprint density at radius 2 is 1.74 bits per heavy atom. The number of carboxylic acids is 1. The monoisotopic (exact) mass is 422 g/mol. The number of aliphatic carboxylic acids is 1. The van der Waals surface area contributed by atoms with Gasteiger partial charge in [-0.15, -0.1) is 0 Å². The molecule has 0 heterocycles. The third-order valence-corrected chi connectivity index (χ3v) is 6.26. The molecule has 0 spiro atoms. The number of halogens is 1. The van der Waals surface area contributed by atoms with Crippen molar-refractivity contribution in [2.75, 3.05) is 0 Å². The Labute approximate surface area is 183 Å². The second-order valence-corrected chi connectivity index (χ2v) is 8.72. The summed E-state index contributed by atoms with van der Waals surface area (Å²) in [5.74, 6) is 0.0786. The van der Waals surface area contributed by atoms with E-state index in [9.17, 15) is 9.90 Å². The van der Waals surface area contributed by atoms with Gasteiger partial charge >= 0.3 is 5.97 Å². The molecular weight excluding hydrogens is 391 g/mol. The summed E-state index contributed by atoms with van der Waals surface area (Å²) in [7, 11) is 0. The Kier molecular flexibility index (Phi) is 7.32. The van der Waals surface area contributed by atoms with E-state index in [0.29, 0.717) is 28.9 Å². The first-order valence-electron chi connectivity index (χ1n) is 11.0. The highest BCUT2D eigenvalue weighted by Gasteiger charge is 2.31. The maximum Gasteiger partial charge on any atom is 0.328 e. The van der Waals surface area contributed by atoms with Crippen molar-refractivity contribution in [2.24, 2.45) is 17.8 Å². The van der Waals surface area contributed by atoms with Crippen molar-refractivity contribution in [3.05, 3.63) is 76.6 Å². The quantitative estimate of drug-likeness (QED) is 0.497. The topological polar surface area (TPSA) is 57.5 Å². The highest BCUT2D eigenvalue weighted by Crippen LogP contribution is 2.45. The number of phenols is 1. The van der Waals surface area contributed by atoms with Crippen LogP contribution < -0.4 is 0 Å². The van der Waals surface area contributed by atoms with Crippen LogP contribution in [0.3, 0.4) is 0 Å². The number of phenolic OH excluding ortho intramolecular Hbond substituents is 1. The predicted octanol–water partition coefficient (Wildman–Crippen LogP) is 6.91. The summed E-state index contributed by atoms with van der Waals surface area (Å²) in [6.45, 7) is 6.68. The average molecular weight is 423 g/mol. The van der Waals surface area contributed by atoms with Gasteiger partial charge in [0.1, 0.15) is 11.6 Å². The third-order valence-electron chi connectivity index (χ3n) is 6.26. The Bertz CT molecular complexity index is 974. The van der Waals surface area contributed by atoms with E-state index in [0.717, 1.165) is 30.1 Å². The van der Waals surface area contributed by atoms with Crippen LogP contribution in [-0.2, 0) is 4.79 Å². The van der Waals surface area contributed by atoms with E-state index in [-0.39, 0.29) is 11.6 Å². The molecule has 1 saturated carbocycles. The Morgan fingerprint density at radius 3 is 2.29 bits per heavy atom. The summed E-state index contributed by atoms with van der Waals surface area (Å²) in [5, 5.41) is 18.6. The molecular formula is C27H31FO3. The average Bonchev–Trinajstić information content (AvgIpc) is 2.71. The van der Waals surface area contributed by atoms with Gasteiger partial charge in [0.15, 0.2) is 0 Å². The molecule has 2 aromatic carbocycles. The molecule has 2 aromatic rings. The molecule has 0 radical (unpaired) electrons. The predicted molar refractivity (Wildman–Crippen MR) is 123 cm³/mol. The molecule has 3 nitrogen and oxygen atoms in total. The summed E-state index contributed by atoms with van der Waals surface area (Å²) in [6.07, 6.45) is 6.98. The zero-order valence-electron chi connectivity index (χ0n) is 18.4. The SMILES string of the molecule is CCCC1CC(C)C(=C(c2ccc(O)cc2)c2ccc(/C=C/C(=O)O)cc2F)C(C)C1. The lowest BCUT2D eigenvalue weighted by Crippen LogP contribution is -2.24. The molecule has 1 fully saturated rings. The van der Waals surface area contributed by atoms with E-state index in [2.05, 4.69) is 20.8 Å². The number of carbonyl (C=O) groups is 1. The maximum absolute atomic E-state index is 15.3. The molecule has 164 valence electrons. The van der Waals surface area contributed by atoms with Crippen molar-refractivity contribution in [1.82, 2.24) is 0 Å². The van der Waals surface area contributed by atoms with Gasteiger partial charge in [-0.1, -0.05) is 63.5 Å². The molecule has 4 heteroatoms. The summed E-state index contributed by atoms with van der Waals surface area (Å²) < 4.78 is 15.3. The molecule has 31 heavy (non-hydrogen) atoms. The van der Waals surface area contributed by atoms with Crippen molar-refractivity contribution >= 4 is 17.6 Å². The van der Waals surface area contributed by atoms with Gasteiger partial charge in [0.25, 0.3) is 0 Å². The fourth-order valence-corrected chi connectivity index (χ4v) is 5.08. The van der Waals surface area contributed by atoms with Crippen LogP contribution in [0, 0.1) is 23.6 Å².